The molecular weight excluding hydrogens is 352 g/mol. The lowest BCUT2D eigenvalue weighted by atomic mass is 9.45. The quantitative estimate of drug-likeness (QED) is 0.561. The molecule has 4 saturated carbocycles. The van der Waals surface area contributed by atoms with E-state index in [1.165, 1.54) is 58.1 Å². The van der Waals surface area contributed by atoms with Crippen LogP contribution in [0.3, 0.4) is 0 Å². The average Bonchev–Trinajstić information content (AvgIpc) is 2.96. The Bertz CT molecular complexity index is 689. The molecule has 156 valence electrons. The minimum atomic E-state index is -0.132. The third kappa shape index (κ3) is 3.19. The Kier molecular flexibility index (Phi) is 5.08. The van der Waals surface area contributed by atoms with Gasteiger partial charge in [-0.15, -0.1) is 0 Å². The number of hydrazone groups is 1. The largest absolute Gasteiger partial charge is 0.463 e. The average molecular weight is 389 g/mol. The van der Waals surface area contributed by atoms with Crippen LogP contribution in [-0.2, 0) is 14.3 Å². The normalized spacial score (nSPS) is 46.3. The number of rotatable bonds is 2. The van der Waals surface area contributed by atoms with E-state index in [1.54, 1.807) is 0 Å². The van der Waals surface area contributed by atoms with Gasteiger partial charge in [0.15, 0.2) is 0 Å². The number of amides is 1. The van der Waals surface area contributed by atoms with Crippen LogP contribution in [0.4, 0.5) is 0 Å². The summed E-state index contributed by atoms with van der Waals surface area (Å²) >= 11 is 0. The number of nitrogens with one attached hydrogen (secondary N) is 1. The fourth-order valence-corrected chi connectivity index (χ4v) is 7.68. The Hall–Kier alpha value is -1.39. The monoisotopic (exact) mass is 388 g/mol. The first-order valence-corrected chi connectivity index (χ1v) is 11.2. The highest BCUT2D eigenvalue weighted by atomic mass is 16.5. The number of carbonyl (C=O) groups is 2. The predicted octanol–water partition coefficient (Wildman–Crippen LogP) is 4.45. The summed E-state index contributed by atoms with van der Waals surface area (Å²) < 4.78 is 5.58. The molecule has 0 unspecified atom stereocenters. The first-order chi connectivity index (χ1) is 13.2. The molecule has 5 heteroatoms. The summed E-state index contributed by atoms with van der Waals surface area (Å²) in [5, 5.41) is 4.52. The SMILES string of the molecule is CC(=O)N/N=C1/CC[C@H]2[C@H]3CC[C@H]4C[C@@H](OC(C)=O)CC[C@]4(C)[C@H]3CC[C@]12C. The third-order valence-corrected chi connectivity index (χ3v) is 9.04. The smallest absolute Gasteiger partial charge is 0.302 e. The molecule has 0 saturated heterocycles. The number of nitrogens with zero attached hydrogens (tertiary/aromatic N) is 1. The van der Waals surface area contributed by atoms with Gasteiger partial charge in [-0.3, -0.25) is 9.59 Å². The lowest BCUT2D eigenvalue weighted by Gasteiger charge is -2.60. The van der Waals surface area contributed by atoms with Crippen molar-refractivity contribution in [3.63, 3.8) is 0 Å². The number of esters is 1. The van der Waals surface area contributed by atoms with Gasteiger partial charge in [0.2, 0.25) is 5.91 Å². The van der Waals surface area contributed by atoms with Crippen LogP contribution in [0.25, 0.3) is 0 Å². The van der Waals surface area contributed by atoms with Crippen molar-refractivity contribution in [1.29, 1.82) is 0 Å². The Morgan fingerprint density at radius 1 is 1.04 bits per heavy atom. The summed E-state index contributed by atoms with van der Waals surface area (Å²) in [5.74, 6) is 2.73. The molecule has 28 heavy (non-hydrogen) atoms. The van der Waals surface area contributed by atoms with Crippen molar-refractivity contribution >= 4 is 17.6 Å². The second-order valence-electron chi connectivity index (χ2n) is 10.4. The van der Waals surface area contributed by atoms with Gasteiger partial charge in [-0.2, -0.15) is 5.10 Å². The number of ether oxygens (including phenoxy) is 1. The molecule has 0 radical (unpaired) electrons. The molecular formula is C23H36N2O3. The second-order valence-corrected chi connectivity index (χ2v) is 10.4. The minimum Gasteiger partial charge on any atom is -0.463 e. The Morgan fingerprint density at radius 2 is 1.82 bits per heavy atom. The van der Waals surface area contributed by atoms with Gasteiger partial charge in [0.05, 0.1) is 0 Å². The molecule has 7 atom stereocenters. The lowest BCUT2D eigenvalue weighted by Crippen LogP contribution is -2.54. The van der Waals surface area contributed by atoms with Gasteiger partial charge in [-0.05, 0) is 86.9 Å². The zero-order valence-electron chi connectivity index (χ0n) is 17.9. The van der Waals surface area contributed by atoms with E-state index < -0.39 is 0 Å². The van der Waals surface area contributed by atoms with Crippen LogP contribution in [0, 0.1) is 34.5 Å². The second kappa shape index (κ2) is 7.14. The van der Waals surface area contributed by atoms with Gasteiger partial charge in [0.1, 0.15) is 6.10 Å². The summed E-state index contributed by atoms with van der Waals surface area (Å²) in [6.07, 6.45) is 10.6. The van der Waals surface area contributed by atoms with Crippen LogP contribution in [-0.4, -0.2) is 23.7 Å². The van der Waals surface area contributed by atoms with Crippen LogP contribution >= 0.6 is 0 Å². The van der Waals surface area contributed by atoms with Crippen molar-refractivity contribution in [3.05, 3.63) is 0 Å². The number of fused-ring (bicyclic) bond motifs is 5. The van der Waals surface area contributed by atoms with Crippen molar-refractivity contribution in [2.24, 2.45) is 39.6 Å². The van der Waals surface area contributed by atoms with Gasteiger partial charge >= 0.3 is 5.97 Å². The van der Waals surface area contributed by atoms with E-state index in [0.717, 1.165) is 31.1 Å². The number of hydrogen-bond acceptors (Lipinski definition) is 4. The maximum atomic E-state index is 11.4. The Balaban J connectivity index is 1.52. The molecule has 5 nitrogen and oxygen atoms in total. The molecule has 1 N–H and O–H groups in total. The summed E-state index contributed by atoms with van der Waals surface area (Å²) in [6.45, 7) is 7.99. The summed E-state index contributed by atoms with van der Waals surface area (Å²) in [5.41, 5.74) is 4.46. The van der Waals surface area contributed by atoms with Gasteiger partial charge in [0.25, 0.3) is 0 Å². The molecule has 0 spiro atoms. The van der Waals surface area contributed by atoms with Crippen LogP contribution < -0.4 is 5.43 Å². The molecule has 4 rings (SSSR count). The van der Waals surface area contributed by atoms with E-state index in [-0.39, 0.29) is 23.4 Å². The van der Waals surface area contributed by atoms with E-state index >= 15 is 0 Å². The van der Waals surface area contributed by atoms with E-state index in [4.69, 9.17) is 4.74 Å². The van der Waals surface area contributed by atoms with E-state index in [9.17, 15) is 9.59 Å². The standard InChI is InChI=1S/C23H36N2O3/c1-14(26)24-25-21-8-7-19-18-6-5-16-13-17(28-15(2)27)9-11-22(16,3)20(18)10-12-23(19,21)4/h16-20H,5-13H2,1-4H3,(H,24,26)/b25-21-/t16-,17-,18+,19-,20-,22-,23-/m0/s1. The Morgan fingerprint density at radius 3 is 2.54 bits per heavy atom. The van der Waals surface area contributed by atoms with Crippen LogP contribution in [0.1, 0.15) is 85.5 Å². The highest BCUT2D eigenvalue weighted by Gasteiger charge is 2.59. The van der Waals surface area contributed by atoms with E-state index in [1.807, 2.05) is 0 Å². The molecule has 4 aliphatic carbocycles. The van der Waals surface area contributed by atoms with E-state index in [2.05, 4.69) is 24.4 Å². The predicted molar refractivity (Wildman–Crippen MR) is 109 cm³/mol. The van der Waals surface area contributed by atoms with Crippen LogP contribution in [0.15, 0.2) is 5.10 Å². The summed E-state index contributed by atoms with van der Waals surface area (Å²) in [6, 6.07) is 0. The first-order valence-electron chi connectivity index (χ1n) is 11.2. The minimum absolute atomic E-state index is 0.0780. The molecule has 4 aliphatic rings. The number of hydrogen-bond donors (Lipinski definition) is 1. The molecule has 0 aromatic heterocycles. The van der Waals surface area contributed by atoms with Gasteiger partial charge in [-0.25, -0.2) is 5.43 Å². The van der Waals surface area contributed by atoms with Gasteiger partial charge < -0.3 is 4.74 Å². The summed E-state index contributed by atoms with van der Waals surface area (Å²) in [4.78, 5) is 22.7. The number of carbonyl (C=O) groups excluding carboxylic acids is 2. The van der Waals surface area contributed by atoms with Crippen LogP contribution in [0.5, 0.6) is 0 Å². The van der Waals surface area contributed by atoms with Gasteiger partial charge in [-0.1, -0.05) is 13.8 Å². The topological polar surface area (TPSA) is 67.8 Å². The van der Waals surface area contributed by atoms with Crippen molar-refractivity contribution in [1.82, 2.24) is 5.43 Å². The zero-order valence-corrected chi connectivity index (χ0v) is 17.9. The molecule has 1 amide bonds. The fraction of sp³-hybridized carbons (Fsp3) is 0.870. The van der Waals surface area contributed by atoms with Crippen molar-refractivity contribution < 1.29 is 14.3 Å². The van der Waals surface area contributed by atoms with Gasteiger partial charge in [0, 0.05) is 25.0 Å². The van der Waals surface area contributed by atoms with Crippen molar-refractivity contribution in [2.45, 2.75) is 91.6 Å². The maximum absolute atomic E-state index is 11.4. The molecule has 0 heterocycles. The molecule has 0 aromatic carbocycles. The molecule has 0 aliphatic heterocycles. The summed E-state index contributed by atoms with van der Waals surface area (Å²) in [7, 11) is 0. The van der Waals surface area contributed by atoms with Crippen molar-refractivity contribution in [2.75, 3.05) is 0 Å². The zero-order chi connectivity index (χ0) is 20.1. The highest BCUT2D eigenvalue weighted by molar-refractivity contribution is 5.93. The first kappa shape index (κ1) is 19.9. The fourth-order valence-electron chi connectivity index (χ4n) is 7.68. The molecule has 4 fully saturated rings. The Labute approximate surface area is 169 Å². The molecule has 0 bridgehead atoms. The molecule has 0 aromatic rings. The van der Waals surface area contributed by atoms with E-state index in [0.29, 0.717) is 17.3 Å². The highest BCUT2D eigenvalue weighted by Crippen LogP contribution is 2.65. The van der Waals surface area contributed by atoms with Crippen molar-refractivity contribution in [3.8, 4) is 0 Å². The third-order valence-electron chi connectivity index (χ3n) is 9.04. The maximum Gasteiger partial charge on any atom is 0.302 e. The van der Waals surface area contributed by atoms with Crippen LogP contribution in [0.2, 0.25) is 0 Å². The lowest BCUT2D eigenvalue weighted by molar-refractivity contribution is -0.158.